The second-order valence-electron chi connectivity index (χ2n) is 10.6. The average Bonchev–Trinajstić information content (AvgIpc) is 3.58. The number of carbonyl (C=O) groups is 1. The molecule has 0 aliphatic carbocycles. The Balaban J connectivity index is 1.64. The van der Waals surface area contributed by atoms with Gasteiger partial charge in [0.1, 0.15) is 5.54 Å². The van der Waals surface area contributed by atoms with Crippen molar-refractivity contribution in [1.29, 1.82) is 0 Å². The molecule has 2 heterocycles. The van der Waals surface area contributed by atoms with Crippen LogP contribution in [0.5, 0.6) is 0 Å². The van der Waals surface area contributed by atoms with Crippen LogP contribution in [-0.4, -0.2) is 59.9 Å². The molecule has 0 N–H and O–H groups in total. The molecule has 7 nitrogen and oxygen atoms in total. The van der Waals surface area contributed by atoms with Gasteiger partial charge in [-0.25, -0.2) is 8.42 Å². The van der Waals surface area contributed by atoms with Crippen LogP contribution in [0.2, 0.25) is 13.6 Å². The Morgan fingerprint density at radius 3 is 1.86 bits per heavy atom. The largest absolute Gasteiger partial charge is 0.341 e. The highest BCUT2D eigenvalue weighted by molar-refractivity contribution is 7.91. The van der Waals surface area contributed by atoms with Gasteiger partial charge in [0.2, 0.25) is 29.6 Å². The minimum Gasteiger partial charge on any atom is -0.341 e. The van der Waals surface area contributed by atoms with Gasteiger partial charge >= 0.3 is 0 Å². The molecule has 0 saturated carbocycles. The van der Waals surface area contributed by atoms with Crippen LogP contribution in [0.15, 0.2) is 78.0 Å². The van der Waals surface area contributed by atoms with E-state index >= 15 is 0 Å². The van der Waals surface area contributed by atoms with E-state index < -0.39 is 15.6 Å². The Morgan fingerprint density at radius 1 is 0.892 bits per heavy atom. The zero-order chi connectivity index (χ0) is 26.6. The van der Waals surface area contributed by atoms with Gasteiger partial charge in [-0.05, 0) is 45.4 Å². The van der Waals surface area contributed by atoms with Crippen molar-refractivity contribution < 1.29 is 13.2 Å². The summed E-state index contributed by atoms with van der Waals surface area (Å²) in [5, 5.41) is 4.45. The Labute approximate surface area is 222 Å². The maximum absolute atomic E-state index is 14.1. The van der Waals surface area contributed by atoms with Crippen molar-refractivity contribution in [3.05, 3.63) is 84.1 Å². The van der Waals surface area contributed by atoms with Crippen molar-refractivity contribution in [3.63, 3.8) is 0 Å². The molecular weight excluding hydrogens is 482 g/mol. The molecule has 0 unspecified atom stereocenters. The number of rotatable bonds is 10. The molecule has 1 saturated heterocycles. The first-order valence-electron chi connectivity index (χ1n) is 13.1. The van der Waals surface area contributed by atoms with Crippen molar-refractivity contribution in [2.24, 2.45) is 0 Å². The van der Waals surface area contributed by atoms with Crippen LogP contribution in [0.4, 0.5) is 0 Å². The Bertz CT molecular complexity index is 1250. The van der Waals surface area contributed by atoms with E-state index in [0.29, 0.717) is 12.6 Å². The third-order valence-electron chi connectivity index (χ3n) is 7.21. The van der Waals surface area contributed by atoms with Crippen LogP contribution in [-0.2, 0) is 33.0 Å². The summed E-state index contributed by atoms with van der Waals surface area (Å²) in [6, 6.07) is 21.4. The smallest absolute Gasteiger partial charge is 0.249 e. The lowest BCUT2D eigenvalue weighted by molar-refractivity contribution is -0.138. The highest BCUT2D eigenvalue weighted by atomic mass is 32.2. The number of nitrogens with zero attached hydrogens (tertiary/aromatic N) is 4. The zero-order valence-electron chi connectivity index (χ0n) is 22.2. The molecule has 1 aliphatic heterocycles. The summed E-state index contributed by atoms with van der Waals surface area (Å²) < 4.78 is 31.3. The lowest BCUT2D eigenvalue weighted by Crippen LogP contribution is -2.52. The van der Waals surface area contributed by atoms with Crippen LogP contribution >= 0.6 is 0 Å². The first-order valence-corrected chi connectivity index (χ1v) is 14.5. The van der Waals surface area contributed by atoms with E-state index in [1.807, 2.05) is 79.2 Å². The molecule has 0 bridgehead atoms. The van der Waals surface area contributed by atoms with Crippen molar-refractivity contribution in [2.75, 3.05) is 13.1 Å². The monoisotopic (exact) mass is 518 g/mol. The third-order valence-corrected chi connectivity index (χ3v) is 9.23. The van der Waals surface area contributed by atoms with Crippen molar-refractivity contribution in [3.8, 4) is 0 Å². The molecule has 0 radical (unpaired) electrons. The fourth-order valence-corrected chi connectivity index (χ4v) is 7.00. The van der Waals surface area contributed by atoms with Gasteiger partial charge in [-0.1, -0.05) is 85.4 Å². The van der Waals surface area contributed by atoms with Gasteiger partial charge in [0.25, 0.3) is 0 Å². The standard InChI is InChI=1S/C27H36B2N4O3S/c1-27(2,26(34)31-18-11-12-19-31)32-20-17-25(30-32)37(35,36)33(28(3)21-23-13-7-5-8-14-23)29(4)22-24-15-9-6-10-16-24/h5-10,13-17,20H,11-12,18-19,21-22H2,1-4H3. The number of carbonyl (C=O) groups excluding carboxylic acids is 1. The SMILES string of the molecule is CB(Cc1ccccc1)N(B(C)Cc1ccccc1)S(=O)(=O)c1ccn(C(C)(C)C(=O)N2CCCC2)n1. The highest BCUT2D eigenvalue weighted by Crippen LogP contribution is 2.25. The molecule has 4 rings (SSSR count). The van der Waals surface area contributed by atoms with E-state index in [0.717, 1.165) is 37.1 Å². The number of sulfonamides is 1. The molecular formula is C27H36B2N4O3S. The normalized spacial score (nSPS) is 14.2. The Morgan fingerprint density at radius 2 is 1.38 bits per heavy atom. The number of hydrogen-bond donors (Lipinski definition) is 0. The molecule has 1 amide bonds. The molecule has 1 fully saturated rings. The van der Waals surface area contributed by atoms with Gasteiger partial charge in [0, 0.05) is 19.3 Å². The van der Waals surface area contributed by atoms with Gasteiger partial charge in [-0.3, -0.25) is 13.6 Å². The number of aromatic nitrogens is 2. The van der Waals surface area contributed by atoms with Gasteiger partial charge < -0.3 is 4.90 Å². The van der Waals surface area contributed by atoms with E-state index in [2.05, 4.69) is 5.10 Å². The number of likely N-dealkylation sites (tertiary alicyclic amines) is 1. The van der Waals surface area contributed by atoms with E-state index in [1.54, 1.807) is 24.2 Å². The lowest BCUT2D eigenvalue weighted by atomic mass is 9.48. The van der Waals surface area contributed by atoms with Gasteiger partial charge in [0.15, 0.2) is 5.03 Å². The molecule has 194 valence electrons. The fourth-order valence-electron chi connectivity index (χ4n) is 5.27. The average molecular weight is 518 g/mol. The molecule has 10 heteroatoms. The minimum absolute atomic E-state index is 0.0328. The Kier molecular flexibility index (Phi) is 8.29. The van der Waals surface area contributed by atoms with E-state index in [-0.39, 0.29) is 24.6 Å². The summed E-state index contributed by atoms with van der Waals surface area (Å²) >= 11 is 0. The van der Waals surface area contributed by atoms with Crippen molar-refractivity contribution >= 4 is 29.6 Å². The molecule has 3 aromatic rings. The van der Waals surface area contributed by atoms with Crippen LogP contribution < -0.4 is 0 Å². The predicted molar refractivity (Wildman–Crippen MR) is 150 cm³/mol. The third kappa shape index (κ3) is 6.02. The molecule has 0 spiro atoms. The van der Waals surface area contributed by atoms with Crippen LogP contribution in [0, 0.1) is 0 Å². The number of amides is 1. The maximum Gasteiger partial charge on any atom is 0.249 e. The maximum atomic E-state index is 14.1. The van der Waals surface area contributed by atoms with E-state index in [4.69, 9.17) is 0 Å². The Hall–Kier alpha value is -2.84. The molecule has 2 aromatic carbocycles. The lowest BCUT2D eigenvalue weighted by Gasteiger charge is -2.31. The van der Waals surface area contributed by atoms with Crippen LogP contribution in [0.3, 0.4) is 0 Å². The van der Waals surface area contributed by atoms with Crippen LogP contribution in [0.25, 0.3) is 0 Å². The van der Waals surface area contributed by atoms with Gasteiger partial charge in [-0.2, -0.15) is 5.10 Å². The fraction of sp³-hybridized carbons (Fsp3) is 0.407. The van der Waals surface area contributed by atoms with E-state index in [9.17, 15) is 13.2 Å². The first-order chi connectivity index (χ1) is 17.6. The molecule has 0 atom stereocenters. The van der Waals surface area contributed by atoms with Crippen molar-refractivity contribution in [1.82, 2.24) is 18.8 Å². The van der Waals surface area contributed by atoms with Gasteiger partial charge in [-0.15, -0.1) is 0 Å². The molecule has 1 aromatic heterocycles. The quantitative estimate of drug-likeness (QED) is 0.380. The topological polar surface area (TPSA) is 75.5 Å². The summed E-state index contributed by atoms with van der Waals surface area (Å²) in [6.07, 6.45) is 4.77. The number of benzene rings is 2. The summed E-state index contributed by atoms with van der Waals surface area (Å²) in [5.74, 6) is -0.0382. The van der Waals surface area contributed by atoms with Gasteiger partial charge in [0.05, 0.1) is 0 Å². The summed E-state index contributed by atoms with van der Waals surface area (Å²) in [7, 11) is -3.95. The zero-order valence-corrected chi connectivity index (χ0v) is 23.1. The highest BCUT2D eigenvalue weighted by Gasteiger charge is 2.40. The van der Waals surface area contributed by atoms with Crippen LogP contribution in [0.1, 0.15) is 37.8 Å². The second kappa shape index (κ2) is 11.3. The molecule has 37 heavy (non-hydrogen) atoms. The summed E-state index contributed by atoms with van der Waals surface area (Å²) in [5.41, 5.74) is 1.17. The second-order valence-corrected chi connectivity index (χ2v) is 12.4. The minimum atomic E-state index is -3.95. The number of hydrogen-bond acceptors (Lipinski definition) is 4. The molecule has 1 aliphatic rings. The predicted octanol–water partition coefficient (Wildman–Crippen LogP) is 4.04. The summed E-state index contributed by atoms with van der Waals surface area (Å²) in [4.78, 5) is 15.0. The first kappa shape index (κ1) is 27.2. The van der Waals surface area contributed by atoms with Crippen molar-refractivity contribution in [2.45, 2.75) is 63.5 Å². The summed E-state index contributed by atoms with van der Waals surface area (Å²) in [6.45, 7) is 8.36. The van der Waals surface area contributed by atoms with E-state index in [1.165, 1.54) is 10.7 Å².